The Kier molecular flexibility index (Phi) is 5.59. The van der Waals surface area contributed by atoms with Gasteiger partial charge in [0.1, 0.15) is 6.10 Å². The van der Waals surface area contributed by atoms with Crippen LogP contribution in [-0.2, 0) is 11.2 Å². The first-order chi connectivity index (χ1) is 12.5. The molecule has 1 amide bonds. The number of halogens is 1. The zero-order valence-electron chi connectivity index (χ0n) is 14.4. The molecule has 26 heavy (non-hydrogen) atoms. The normalized spacial score (nSPS) is 17.2. The third-order valence-electron chi connectivity index (χ3n) is 4.53. The highest BCUT2D eigenvalue weighted by Crippen LogP contribution is 2.33. The van der Waals surface area contributed by atoms with Gasteiger partial charge in [-0.05, 0) is 23.6 Å². The molecule has 2 aromatic carbocycles. The van der Waals surface area contributed by atoms with E-state index in [2.05, 4.69) is 6.92 Å². The third-order valence-corrected chi connectivity index (χ3v) is 4.85. The smallest absolute Gasteiger partial charge is 0.407 e. The largest absolute Gasteiger partial charge is 0.465 e. The summed E-state index contributed by atoms with van der Waals surface area (Å²) in [6.45, 7) is 2.55. The van der Waals surface area contributed by atoms with Crippen molar-refractivity contribution in [2.45, 2.75) is 19.4 Å². The first-order valence-corrected chi connectivity index (χ1v) is 8.90. The van der Waals surface area contributed by atoms with Crippen LogP contribution in [0.15, 0.2) is 42.5 Å². The lowest BCUT2D eigenvalue weighted by Crippen LogP contribution is -2.48. The van der Waals surface area contributed by atoms with E-state index in [1.807, 2.05) is 24.3 Å². The van der Waals surface area contributed by atoms with Gasteiger partial charge in [0.25, 0.3) is 0 Å². The topological polar surface area (TPSA) is 66.8 Å². The molecular weight excluding hydrogens is 354 g/mol. The average molecular weight is 374 g/mol. The fourth-order valence-electron chi connectivity index (χ4n) is 3.12. The van der Waals surface area contributed by atoms with Gasteiger partial charge in [-0.1, -0.05) is 54.9 Å². The molecular formula is C20H20ClNO4. The van der Waals surface area contributed by atoms with Crippen LogP contribution in [0.4, 0.5) is 4.79 Å². The summed E-state index contributed by atoms with van der Waals surface area (Å²) in [5, 5.41) is 9.66. The first-order valence-electron chi connectivity index (χ1n) is 8.52. The maximum Gasteiger partial charge on any atom is 0.407 e. The van der Waals surface area contributed by atoms with Crippen molar-refractivity contribution in [3.05, 3.63) is 58.6 Å². The first kappa shape index (κ1) is 18.4. The minimum atomic E-state index is -1.05. The van der Waals surface area contributed by atoms with E-state index in [4.69, 9.17) is 16.3 Å². The van der Waals surface area contributed by atoms with Gasteiger partial charge in [0, 0.05) is 22.7 Å². The van der Waals surface area contributed by atoms with Crippen LogP contribution in [0.2, 0.25) is 5.02 Å². The van der Waals surface area contributed by atoms with Crippen LogP contribution in [0.1, 0.15) is 22.8 Å². The van der Waals surface area contributed by atoms with Crippen LogP contribution >= 0.6 is 11.6 Å². The average Bonchev–Trinajstić information content (AvgIpc) is 2.67. The number of morpholine rings is 1. The molecule has 0 aromatic heterocycles. The monoisotopic (exact) mass is 373 g/mol. The SMILES string of the molecule is CCc1cccc(-c2c(Cl)cccc2C(=O)[C@H]2CN(C(=O)O)CCO2)c1. The number of hydrogen-bond donors (Lipinski definition) is 1. The van der Waals surface area contributed by atoms with E-state index >= 15 is 0 Å². The number of amides is 1. The summed E-state index contributed by atoms with van der Waals surface area (Å²) < 4.78 is 5.55. The Bertz CT molecular complexity index is 836. The number of ether oxygens (including phenoxy) is 1. The summed E-state index contributed by atoms with van der Waals surface area (Å²) in [5.74, 6) is -0.254. The lowest BCUT2D eigenvalue weighted by molar-refractivity contribution is -0.0111. The Morgan fingerprint density at radius 2 is 2.04 bits per heavy atom. The second kappa shape index (κ2) is 7.89. The number of rotatable bonds is 4. The van der Waals surface area contributed by atoms with Crippen LogP contribution < -0.4 is 0 Å². The third kappa shape index (κ3) is 3.74. The summed E-state index contributed by atoms with van der Waals surface area (Å²) in [4.78, 5) is 25.5. The Morgan fingerprint density at radius 3 is 2.77 bits per heavy atom. The van der Waals surface area contributed by atoms with Gasteiger partial charge in [0.2, 0.25) is 0 Å². The molecule has 3 rings (SSSR count). The van der Waals surface area contributed by atoms with Gasteiger partial charge in [0.15, 0.2) is 5.78 Å². The number of carbonyl (C=O) groups is 2. The van der Waals surface area contributed by atoms with E-state index in [1.165, 1.54) is 4.90 Å². The molecule has 0 spiro atoms. The zero-order chi connectivity index (χ0) is 18.7. The van der Waals surface area contributed by atoms with Crippen molar-refractivity contribution in [2.75, 3.05) is 19.7 Å². The molecule has 1 aliphatic heterocycles. The maximum absolute atomic E-state index is 13.1. The standard InChI is InChI=1S/C20H20ClNO4/c1-2-13-5-3-6-14(11-13)18-15(7-4-8-16(18)21)19(23)17-12-22(20(24)25)9-10-26-17/h3-8,11,17H,2,9-10,12H2,1H3,(H,24,25)/t17-/m1/s1. The number of Topliss-reactive ketones (excluding diaryl/α,β-unsaturated/α-hetero) is 1. The zero-order valence-corrected chi connectivity index (χ0v) is 15.2. The van der Waals surface area contributed by atoms with E-state index < -0.39 is 12.2 Å². The van der Waals surface area contributed by atoms with Gasteiger partial charge in [-0.25, -0.2) is 4.79 Å². The lowest BCUT2D eigenvalue weighted by Gasteiger charge is -2.30. The Labute approximate surface area is 157 Å². The predicted molar refractivity (Wildman–Crippen MR) is 99.9 cm³/mol. The van der Waals surface area contributed by atoms with Crippen LogP contribution in [0.3, 0.4) is 0 Å². The maximum atomic E-state index is 13.1. The number of carboxylic acid groups (broad SMARTS) is 1. The number of ketones is 1. The van der Waals surface area contributed by atoms with Crippen LogP contribution in [0.5, 0.6) is 0 Å². The minimum Gasteiger partial charge on any atom is -0.465 e. The number of aryl methyl sites for hydroxylation is 1. The highest BCUT2D eigenvalue weighted by Gasteiger charge is 2.31. The van der Waals surface area contributed by atoms with Gasteiger partial charge in [-0.15, -0.1) is 0 Å². The molecule has 0 bridgehead atoms. The summed E-state index contributed by atoms with van der Waals surface area (Å²) in [5.41, 5.74) is 3.12. The van der Waals surface area contributed by atoms with Crippen LogP contribution in [0.25, 0.3) is 11.1 Å². The van der Waals surface area contributed by atoms with E-state index in [0.717, 1.165) is 17.5 Å². The summed E-state index contributed by atoms with van der Waals surface area (Å²) in [6, 6.07) is 13.1. The molecule has 1 aliphatic rings. The van der Waals surface area contributed by atoms with Crippen LogP contribution in [0, 0.1) is 0 Å². The Morgan fingerprint density at radius 1 is 1.27 bits per heavy atom. The Balaban J connectivity index is 1.99. The van der Waals surface area contributed by atoms with Gasteiger partial charge in [-0.2, -0.15) is 0 Å². The molecule has 136 valence electrons. The number of carbonyl (C=O) groups excluding carboxylic acids is 1. The van der Waals surface area contributed by atoms with Crippen molar-refractivity contribution in [3.8, 4) is 11.1 Å². The number of benzene rings is 2. The highest BCUT2D eigenvalue weighted by molar-refractivity contribution is 6.34. The van der Waals surface area contributed by atoms with E-state index in [0.29, 0.717) is 16.1 Å². The fraction of sp³-hybridized carbons (Fsp3) is 0.300. The molecule has 1 saturated heterocycles. The van der Waals surface area contributed by atoms with Crippen molar-refractivity contribution in [3.63, 3.8) is 0 Å². The summed E-state index contributed by atoms with van der Waals surface area (Å²) in [7, 11) is 0. The lowest BCUT2D eigenvalue weighted by atomic mass is 9.93. The van der Waals surface area contributed by atoms with E-state index in [1.54, 1.807) is 18.2 Å². The van der Waals surface area contributed by atoms with Crippen molar-refractivity contribution in [1.29, 1.82) is 0 Å². The van der Waals surface area contributed by atoms with Crippen molar-refractivity contribution >= 4 is 23.5 Å². The molecule has 0 unspecified atom stereocenters. The predicted octanol–water partition coefficient (Wildman–Crippen LogP) is 4.13. The second-order valence-electron chi connectivity index (χ2n) is 6.17. The Hall–Kier alpha value is -2.37. The van der Waals surface area contributed by atoms with Crippen LogP contribution in [-0.4, -0.2) is 47.7 Å². The molecule has 1 atom stereocenters. The minimum absolute atomic E-state index is 0.0229. The van der Waals surface area contributed by atoms with Gasteiger partial charge in [0.05, 0.1) is 13.2 Å². The molecule has 1 fully saturated rings. The molecule has 2 aromatic rings. The molecule has 6 heteroatoms. The quantitative estimate of drug-likeness (QED) is 0.818. The van der Waals surface area contributed by atoms with Gasteiger partial charge in [-0.3, -0.25) is 4.79 Å². The van der Waals surface area contributed by atoms with Gasteiger partial charge >= 0.3 is 6.09 Å². The number of nitrogens with zero attached hydrogens (tertiary/aromatic N) is 1. The van der Waals surface area contributed by atoms with Crippen molar-refractivity contribution in [2.24, 2.45) is 0 Å². The highest BCUT2D eigenvalue weighted by atomic mass is 35.5. The molecule has 5 nitrogen and oxygen atoms in total. The molecule has 0 saturated carbocycles. The van der Waals surface area contributed by atoms with Crippen molar-refractivity contribution in [1.82, 2.24) is 4.90 Å². The van der Waals surface area contributed by atoms with Gasteiger partial charge < -0.3 is 14.7 Å². The summed E-state index contributed by atoms with van der Waals surface area (Å²) in [6.07, 6.45) is -1.000. The fourth-order valence-corrected chi connectivity index (χ4v) is 3.41. The molecule has 1 N–H and O–H groups in total. The summed E-state index contributed by atoms with van der Waals surface area (Å²) >= 11 is 6.42. The molecule has 0 aliphatic carbocycles. The number of hydrogen-bond acceptors (Lipinski definition) is 3. The van der Waals surface area contributed by atoms with Crippen molar-refractivity contribution < 1.29 is 19.4 Å². The molecule has 0 radical (unpaired) electrons. The molecule has 1 heterocycles. The van der Waals surface area contributed by atoms with E-state index in [9.17, 15) is 14.7 Å². The second-order valence-corrected chi connectivity index (χ2v) is 6.58. The van der Waals surface area contributed by atoms with E-state index in [-0.39, 0.29) is 25.5 Å².